The Labute approximate surface area is 504 Å². The molecule has 0 spiro atoms. The van der Waals surface area contributed by atoms with Crippen molar-refractivity contribution in [2.75, 3.05) is 65.8 Å². The average Bonchev–Trinajstić information content (AvgIpc) is 2.36. The van der Waals surface area contributed by atoms with Gasteiger partial charge in [0.1, 0.15) is 67.0 Å². The number of rotatable bonds is 46. The molecular formula is C57H104N6O23. The number of aliphatic hydroxyl groups is 11. The number of unbranched alkanes of at least 4 members (excludes halogenated alkanes) is 12. The van der Waals surface area contributed by atoms with E-state index in [0.717, 1.165) is 38.5 Å². The van der Waals surface area contributed by atoms with Crippen molar-refractivity contribution in [1.82, 2.24) is 31.9 Å². The molecule has 86 heavy (non-hydrogen) atoms. The van der Waals surface area contributed by atoms with Crippen LogP contribution in [-0.2, 0) is 57.2 Å². The minimum Gasteiger partial charge on any atom is -0.394 e. The van der Waals surface area contributed by atoms with Gasteiger partial charge in [0, 0.05) is 78.1 Å². The van der Waals surface area contributed by atoms with Gasteiger partial charge in [0.15, 0.2) is 18.9 Å². The molecule has 17 N–H and O–H groups in total. The minimum absolute atomic E-state index is 0.0683. The minimum atomic E-state index is -1.57. The Morgan fingerprint density at radius 2 is 0.779 bits per heavy atom. The number of ether oxygens (including phenoxy) is 6. The lowest BCUT2D eigenvalue weighted by molar-refractivity contribution is -0.301. The molecule has 3 fully saturated rings. The van der Waals surface area contributed by atoms with E-state index in [2.05, 4.69) is 38.8 Å². The number of nitrogens with one attached hydrogen (secondary N) is 6. The Balaban J connectivity index is 1.54. The van der Waals surface area contributed by atoms with Crippen LogP contribution < -0.4 is 31.9 Å². The van der Waals surface area contributed by atoms with E-state index in [1.807, 2.05) is 0 Å². The Kier molecular flexibility index (Phi) is 39.6. The largest absolute Gasteiger partial charge is 0.394 e. The zero-order chi connectivity index (χ0) is 63.2. The molecule has 3 aliphatic rings. The van der Waals surface area contributed by atoms with Gasteiger partial charge in [0.05, 0.1) is 32.0 Å². The molecule has 3 saturated heterocycles. The summed E-state index contributed by atoms with van der Waals surface area (Å²) >= 11 is 0. The third kappa shape index (κ3) is 29.6. The molecule has 3 rings (SSSR count). The van der Waals surface area contributed by atoms with Crippen LogP contribution in [0.3, 0.4) is 0 Å². The molecule has 0 aromatic rings. The molecule has 6 amide bonds. The highest BCUT2D eigenvalue weighted by Gasteiger charge is 2.45. The molecule has 29 heteroatoms. The molecule has 3 heterocycles. The molecule has 2 unspecified atom stereocenters. The Morgan fingerprint density at radius 3 is 1.21 bits per heavy atom. The number of hydrogen-bond acceptors (Lipinski definition) is 23. The third-order valence-electron chi connectivity index (χ3n) is 15.2. The molecule has 0 aromatic carbocycles. The summed E-state index contributed by atoms with van der Waals surface area (Å²) in [5.74, 6) is -2.81. The van der Waals surface area contributed by atoms with Crippen molar-refractivity contribution in [3.63, 3.8) is 0 Å². The summed E-state index contributed by atoms with van der Waals surface area (Å²) in [6.07, 6.45) is -7.05. The Morgan fingerprint density at radius 1 is 0.407 bits per heavy atom. The van der Waals surface area contributed by atoms with Crippen molar-refractivity contribution in [2.45, 2.75) is 259 Å². The highest BCUT2D eigenvalue weighted by Crippen LogP contribution is 2.25. The van der Waals surface area contributed by atoms with Crippen molar-refractivity contribution in [1.29, 1.82) is 0 Å². The standard InChI is InChI=1S/C57H104N6O23/c1-2-3-4-11-25-58-42(68)19-18-20-44(70)62-38(54(80)61-28-14-7-10-17-31-83-57-52(78)50(76)48(74)41(35-66)86-57)22-24-45(71)63-37(53(79)60-27-13-6-9-16-30-82-56-51(77)49(75)47(73)40(34-65)85-56)21-23-43(69)59-26-12-5-8-15-29-81-55-46(72)39(67)32-36(33-64)84-55/h36-41,46-52,55-57,64-67,72-78H,2-35H2,1H3,(H,58,68)(H,59,69)(H,60,79)(H,61,80)(H,62,70)(H,63,71)/t36-,37?,38?,39-,40+,41+,46-,47+,48+,49-,50-,51-,52-,55-,56-,57-/m0/s1. The predicted octanol–water partition coefficient (Wildman–Crippen LogP) is -3.11. The number of amides is 6. The maximum atomic E-state index is 13.7. The fourth-order valence-electron chi connectivity index (χ4n) is 9.81. The predicted molar refractivity (Wildman–Crippen MR) is 306 cm³/mol. The molecule has 0 radical (unpaired) electrons. The van der Waals surface area contributed by atoms with Crippen molar-refractivity contribution in [2.24, 2.45) is 0 Å². The van der Waals surface area contributed by atoms with Crippen molar-refractivity contribution >= 4 is 35.4 Å². The van der Waals surface area contributed by atoms with Crippen molar-refractivity contribution in [3.05, 3.63) is 0 Å². The maximum absolute atomic E-state index is 13.7. The van der Waals surface area contributed by atoms with Crippen LogP contribution in [0.2, 0.25) is 0 Å². The first-order valence-corrected chi connectivity index (χ1v) is 31.1. The summed E-state index contributed by atoms with van der Waals surface area (Å²) in [6.45, 7) is 2.38. The zero-order valence-corrected chi connectivity index (χ0v) is 50.1. The number of hydrogen-bond donors (Lipinski definition) is 17. The number of carbonyl (C=O) groups is 6. The van der Waals surface area contributed by atoms with E-state index < -0.39 is 135 Å². The summed E-state index contributed by atoms with van der Waals surface area (Å²) in [6, 6.07) is -2.34. The van der Waals surface area contributed by atoms with Crippen LogP contribution in [0, 0.1) is 0 Å². The van der Waals surface area contributed by atoms with E-state index >= 15 is 0 Å². The fourth-order valence-corrected chi connectivity index (χ4v) is 9.81. The molecule has 500 valence electrons. The van der Waals surface area contributed by atoms with Gasteiger partial charge >= 0.3 is 0 Å². The quantitative estimate of drug-likeness (QED) is 0.0268. The van der Waals surface area contributed by atoms with E-state index in [1.165, 1.54) is 0 Å². The normalized spacial score (nSPS) is 27.3. The first-order valence-electron chi connectivity index (χ1n) is 31.1. The second kappa shape index (κ2) is 44.6. The van der Waals surface area contributed by atoms with Crippen molar-refractivity contribution in [3.8, 4) is 0 Å². The summed E-state index contributed by atoms with van der Waals surface area (Å²) in [5.41, 5.74) is 0. The van der Waals surface area contributed by atoms with Gasteiger partial charge < -0.3 is 116 Å². The number of carbonyl (C=O) groups excluding carboxylic acids is 6. The van der Waals surface area contributed by atoms with Crippen LogP contribution in [0.15, 0.2) is 0 Å². The molecule has 0 bridgehead atoms. The molecule has 16 atom stereocenters. The zero-order valence-electron chi connectivity index (χ0n) is 50.1. The first kappa shape index (κ1) is 76.4. The second-order valence-electron chi connectivity index (χ2n) is 22.4. The van der Waals surface area contributed by atoms with Gasteiger partial charge in [-0.05, 0) is 64.2 Å². The molecule has 0 saturated carbocycles. The average molecular weight is 1240 g/mol. The van der Waals surface area contributed by atoms with E-state index in [9.17, 15) is 84.9 Å². The van der Waals surface area contributed by atoms with E-state index in [0.29, 0.717) is 77.3 Å². The molecule has 0 aromatic heterocycles. The van der Waals surface area contributed by atoms with Gasteiger partial charge in [-0.15, -0.1) is 0 Å². The lowest BCUT2D eigenvalue weighted by Crippen LogP contribution is -2.59. The van der Waals surface area contributed by atoms with E-state index in [-0.39, 0.29) is 103 Å². The van der Waals surface area contributed by atoms with Gasteiger partial charge in [-0.3, -0.25) is 28.8 Å². The van der Waals surface area contributed by atoms with E-state index in [1.54, 1.807) is 0 Å². The van der Waals surface area contributed by atoms with Crippen LogP contribution in [0.4, 0.5) is 0 Å². The van der Waals surface area contributed by atoms with Crippen LogP contribution in [0.1, 0.15) is 161 Å². The smallest absolute Gasteiger partial charge is 0.242 e. The highest BCUT2D eigenvalue weighted by molar-refractivity contribution is 5.90. The van der Waals surface area contributed by atoms with Gasteiger partial charge in [0.25, 0.3) is 0 Å². The molecule has 0 aliphatic carbocycles. The summed E-state index contributed by atoms with van der Waals surface area (Å²) in [5, 5.41) is 126. The fraction of sp³-hybridized carbons (Fsp3) is 0.895. The maximum Gasteiger partial charge on any atom is 0.242 e. The van der Waals surface area contributed by atoms with Gasteiger partial charge in [-0.25, -0.2) is 0 Å². The van der Waals surface area contributed by atoms with E-state index in [4.69, 9.17) is 28.4 Å². The topological polar surface area (TPSA) is 453 Å². The van der Waals surface area contributed by atoms with Crippen LogP contribution in [-0.4, -0.2) is 256 Å². The monoisotopic (exact) mass is 1240 g/mol. The first-order chi connectivity index (χ1) is 41.3. The van der Waals surface area contributed by atoms with Gasteiger partial charge in [-0.2, -0.15) is 0 Å². The number of aliphatic hydroxyl groups excluding tert-OH is 11. The van der Waals surface area contributed by atoms with Crippen LogP contribution >= 0.6 is 0 Å². The van der Waals surface area contributed by atoms with Gasteiger partial charge in [-0.1, -0.05) is 64.7 Å². The van der Waals surface area contributed by atoms with Crippen LogP contribution in [0.25, 0.3) is 0 Å². The lowest BCUT2D eigenvalue weighted by atomic mass is 9.99. The Hall–Kier alpha value is -3.86. The SMILES string of the molecule is CCCCCCNC(=O)CCCC(=O)NC(CCC(=O)NC(CCC(=O)NCCCCCCO[C@H]1O[C@H](CO)C[C@H](O)[C@@H]1O)C(=O)NCCCCCCO[C@H]1O[C@H](CO)[C@@H](O)[C@H](O)[C@@H]1O)C(=O)NCCCCCCO[C@H]1O[C@H](CO)[C@@H](O)[C@H](O)[C@@H]1O. The third-order valence-corrected chi connectivity index (χ3v) is 15.2. The summed E-state index contributed by atoms with van der Waals surface area (Å²) in [4.78, 5) is 79.6. The van der Waals surface area contributed by atoms with Crippen LogP contribution in [0.5, 0.6) is 0 Å². The highest BCUT2D eigenvalue weighted by atomic mass is 16.7. The summed E-state index contributed by atoms with van der Waals surface area (Å²) < 4.78 is 32.9. The molecule has 3 aliphatic heterocycles. The molecular weight excluding hydrogens is 1140 g/mol. The lowest BCUT2D eigenvalue weighted by Gasteiger charge is -2.39. The Bertz CT molecular complexity index is 1900. The second-order valence-corrected chi connectivity index (χ2v) is 22.4. The summed E-state index contributed by atoms with van der Waals surface area (Å²) in [7, 11) is 0. The van der Waals surface area contributed by atoms with Gasteiger partial charge in [0.2, 0.25) is 35.4 Å². The molecule has 29 nitrogen and oxygen atoms in total. The van der Waals surface area contributed by atoms with Crippen molar-refractivity contribution < 1.29 is 113 Å².